The molecule has 1 atom stereocenters. The molecule has 0 aliphatic rings. The molecule has 0 saturated carbocycles. The van der Waals surface area contributed by atoms with Crippen molar-refractivity contribution in [3.63, 3.8) is 0 Å². The maximum atomic E-state index is 13.2. The van der Waals surface area contributed by atoms with Crippen molar-refractivity contribution < 1.29 is 9.13 Å². The molecule has 0 saturated heterocycles. The molecule has 2 N–H and O–H groups in total. The van der Waals surface area contributed by atoms with Gasteiger partial charge in [-0.1, -0.05) is 13.0 Å². The molecule has 102 valence electrons. The van der Waals surface area contributed by atoms with E-state index in [0.717, 1.165) is 25.1 Å². The van der Waals surface area contributed by atoms with Crippen LogP contribution in [-0.2, 0) is 6.54 Å². The average Bonchev–Trinajstić information content (AvgIpc) is 2.38. The summed E-state index contributed by atoms with van der Waals surface area (Å²) in [4.78, 5) is 0. The van der Waals surface area contributed by atoms with Crippen LogP contribution in [0.4, 0.5) is 4.39 Å². The highest BCUT2D eigenvalue weighted by Crippen LogP contribution is 2.17. The summed E-state index contributed by atoms with van der Waals surface area (Å²) in [5, 5.41) is 6.74. The molecule has 1 rings (SSSR count). The first-order chi connectivity index (χ1) is 8.67. The Balaban J connectivity index is 2.38. The van der Waals surface area contributed by atoms with E-state index in [1.807, 2.05) is 0 Å². The smallest absolute Gasteiger partial charge is 0.165 e. The minimum atomic E-state index is -0.320. The lowest BCUT2D eigenvalue weighted by atomic mass is 10.2. The molecule has 0 amide bonds. The van der Waals surface area contributed by atoms with Crippen LogP contribution >= 0.6 is 0 Å². The van der Waals surface area contributed by atoms with Gasteiger partial charge in [0.2, 0.25) is 0 Å². The number of rotatable bonds is 8. The molecule has 0 spiro atoms. The third-order valence-corrected chi connectivity index (χ3v) is 2.75. The van der Waals surface area contributed by atoms with Gasteiger partial charge in [-0.3, -0.25) is 0 Å². The first-order valence-electron chi connectivity index (χ1n) is 6.43. The average molecular weight is 254 g/mol. The van der Waals surface area contributed by atoms with Gasteiger partial charge in [-0.2, -0.15) is 0 Å². The van der Waals surface area contributed by atoms with Gasteiger partial charge in [-0.25, -0.2) is 4.39 Å². The Bertz CT molecular complexity index is 358. The van der Waals surface area contributed by atoms with Gasteiger partial charge in [0.15, 0.2) is 11.6 Å². The molecular formula is C14H23FN2O. The van der Waals surface area contributed by atoms with Crippen molar-refractivity contribution in [1.82, 2.24) is 10.6 Å². The third kappa shape index (κ3) is 5.02. The van der Waals surface area contributed by atoms with Crippen LogP contribution in [0, 0.1) is 5.82 Å². The van der Waals surface area contributed by atoms with E-state index >= 15 is 0 Å². The molecule has 0 fully saturated rings. The lowest BCUT2D eigenvalue weighted by Crippen LogP contribution is -2.36. The predicted molar refractivity (Wildman–Crippen MR) is 72.4 cm³/mol. The van der Waals surface area contributed by atoms with E-state index in [2.05, 4.69) is 24.5 Å². The standard InChI is InChI=1S/C14H23FN2O/c1-4-7-16-9-11(2)17-10-12-5-6-13(15)14(8-12)18-3/h5-6,8,11,16-17H,4,7,9-10H2,1-3H3. The summed E-state index contributed by atoms with van der Waals surface area (Å²) in [5.74, 6) is -0.0232. The van der Waals surface area contributed by atoms with Crippen molar-refractivity contribution in [1.29, 1.82) is 0 Å². The summed E-state index contributed by atoms with van der Waals surface area (Å²) < 4.78 is 18.2. The summed E-state index contributed by atoms with van der Waals surface area (Å²) in [7, 11) is 1.48. The molecule has 18 heavy (non-hydrogen) atoms. The van der Waals surface area contributed by atoms with Gasteiger partial charge >= 0.3 is 0 Å². The third-order valence-electron chi connectivity index (χ3n) is 2.75. The first-order valence-corrected chi connectivity index (χ1v) is 6.43. The highest BCUT2D eigenvalue weighted by molar-refractivity contribution is 5.30. The van der Waals surface area contributed by atoms with Gasteiger partial charge in [0.25, 0.3) is 0 Å². The second kappa shape index (κ2) is 8.06. The van der Waals surface area contributed by atoms with E-state index in [1.165, 1.54) is 13.2 Å². The minimum absolute atomic E-state index is 0.297. The van der Waals surface area contributed by atoms with Gasteiger partial charge in [0, 0.05) is 19.1 Å². The van der Waals surface area contributed by atoms with E-state index in [0.29, 0.717) is 18.3 Å². The van der Waals surface area contributed by atoms with Gasteiger partial charge in [-0.15, -0.1) is 0 Å². The topological polar surface area (TPSA) is 33.3 Å². The Morgan fingerprint density at radius 2 is 2.17 bits per heavy atom. The van der Waals surface area contributed by atoms with Crippen molar-refractivity contribution in [2.45, 2.75) is 32.9 Å². The molecule has 0 aromatic heterocycles. The van der Waals surface area contributed by atoms with Crippen molar-refractivity contribution in [2.24, 2.45) is 0 Å². The number of hydrogen-bond donors (Lipinski definition) is 2. The zero-order valence-corrected chi connectivity index (χ0v) is 11.4. The van der Waals surface area contributed by atoms with Crippen LogP contribution in [0.25, 0.3) is 0 Å². The molecule has 1 aromatic rings. The van der Waals surface area contributed by atoms with E-state index in [1.54, 1.807) is 12.1 Å². The molecule has 0 aliphatic carbocycles. The molecule has 1 aromatic carbocycles. The summed E-state index contributed by atoms with van der Waals surface area (Å²) >= 11 is 0. The predicted octanol–water partition coefficient (Wildman–Crippen LogP) is 2.31. The lowest BCUT2D eigenvalue weighted by molar-refractivity contribution is 0.385. The Hall–Kier alpha value is -1.13. The fraction of sp³-hybridized carbons (Fsp3) is 0.571. The molecule has 0 heterocycles. The zero-order chi connectivity index (χ0) is 13.4. The van der Waals surface area contributed by atoms with Gasteiger partial charge in [0.1, 0.15) is 0 Å². The van der Waals surface area contributed by atoms with E-state index in [-0.39, 0.29) is 5.82 Å². The van der Waals surface area contributed by atoms with Crippen LogP contribution in [0.2, 0.25) is 0 Å². The molecule has 1 unspecified atom stereocenters. The second-order valence-corrected chi connectivity index (χ2v) is 4.45. The largest absolute Gasteiger partial charge is 0.494 e. The first kappa shape index (κ1) is 14.9. The quantitative estimate of drug-likeness (QED) is 0.698. The van der Waals surface area contributed by atoms with Crippen LogP contribution < -0.4 is 15.4 Å². The molecule has 0 aliphatic heterocycles. The van der Waals surface area contributed by atoms with Gasteiger partial charge in [0.05, 0.1) is 7.11 Å². The lowest BCUT2D eigenvalue weighted by Gasteiger charge is -2.15. The van der Waals surface area contributed by atoms with Crippen molar-refractivity contribution in [3.8, 4) is 5.75 Å². The van der Waals surface area contributed by atoms with Crippen LogP contribution in [0.15, 0.2) is 18.2 Å². The van der Waals surface area contributed by atoms with Gasteiger partial charge in [-0.05, 0) is 37.6 Å². The maximum Gasteiger partial charge on any atom is 0.165 e. The SMILES string of the molecule is CCCNCC(C)NCc1ccc(F)c(OC)c1. The molecule has 4 heteroatoms. The van der Waals surface area contributed by atoms with Crippen LogP contribution in [-0.4, -0.2) is 26.2 Å². The van der Waals surface area contributed by atoms with Crippen molar-refractivity contribution in [2.75, 3.05) is 20.2 Å². The number of ether oxygens (including phenoxy) is 1. The van der Waals surface area contributed by atoms with Gasteiger partial charge < -0.3 is 15.4 Å². The fourth-order valence-electron chi connectivity index (χ4n) is 1.67. The van der Waals surface area contributed by atoms with Crippen molar-refractivity contribution in [3.05, 3.63) is 29.6 Å². The number of hydrogen-bond acceptors (Lipinski definition) is 3. The monoisotopic (exact) mass is 254 g/mol. The Kier molecular flexibility index (Phi) is 6.68. The molecule has 0 bridgehead atoms. The number of benzene rings is 1. The highest BCUT2D eigenvalue weighted by Gasteiger charge is 2.05. The summed E-state index contributed by atoms with van der Waals surface area (Å²) in [6, 6.07) is 5.33. The Morgan fingerprint density at radius 1 is 1.39 bits per heavy atom. The highest BCUT2D eigenvalue weighted by atomic mass is 19.1. The second-order valence-electron chi connectivity index (χ2n) is 4.45. The summed E-state index contributed by atoms with van der Waals surface area (Å²) in [6.07, 6.45) is 1.14. The number of nitrogens with one attached hydrogen (secondary N) is 2. The minimum Gasteiger partial charge on any atom is -0.494 e. The van der Waals surface area contributed by atoms with Crippen molar-refractivity contribution >= 4 is 0 Å². The molecule has 0 radical (unpaired) electrons. The molecular weight excluding hydrogens is 231 g/mol. The van der Waals surface area contributed by atoms with E-state index in [4.69, 9.17) is 4.74 Å². The Morgan fingerprint density at radius 3 is 2.83 bits per heavy atom. The van der Waals surface area contributed by atoms with E-state index in [9.17, 15) is 4.39 Å². The maximum absolute atomic E-state index is 13.2. The Labute approximate surface area is 109 Å². The van der Waals surface area contributed by atoms with Crippen LogP contribution in [0.1, 0.15) is 25.8 Å². The normalized spacial score (nSPS) is 12.4. The fourth-order valence-corrected chi connectivity index (χ4v) is 1.67. The number of methoxy groups -OCH3 is 1. The van der Waals surface area contributed by atoms with Crippen LogP contribution in [0.3, 0.4) is 0 Å². The molecule has 3 nitrogen and oxygen atoms in total. The van der Waals surface area contributed by atoms with Crippen LogP contribution in [0.5, 0.6) is 5.75 Å². The summed E-state index contributed by atoms with van der Waals surface area (Å²) in [5.41, 5.74) is 1.02. The summed E-state index contributed by atoms with van der Waals surface area (Å²) in [6.45, 7) is 6.97. The zero-order valence-electron chi connectivity index (χ0n) is 11.4. The number of halogens is 1. The van der Waals surface area contributed by atoms with E-state index < -0.39 is 0 Å².